The molecule has 2 aromatic carbocycles. The molecule has 0 radical (unpaired) electrons. The van der Waals surface area contributed by atoms with E-state index in [0.717, 1.165) is 11.1 Å². The Hall–Kier alpha value is -2.51. The molecule has 24 heavy (non-hydrogen) atoms. The number of nitrogen functional groups attached to an aromatic ring is 1. The molecule has 0 spiro atoms. The number of nitrogens with two attached hydrogens (primary N) is 1. The summed E-state index contributed by atoms with van der Waals surface area (Å²) < 4.78 is 5.90. The van der Waals surface area contributed by atoms with Gasteiger partial charge in [0.1, 0.15) is 24.3 Å². The molecule has 2 aromatic rings. The zero-order valence-corrected chi connectivity index (χ0v) is 14.9. The summed E-state index contributed by atoms with van der Waals surface area (Å²) >= 11 is 0. The topological polar surface area (TPSA) is 82.9 Å². The molecule has 126 valence electrons. The van der Waals surface area contributed by atoms with Crippen LogP contribution in [0.5, 0.6) is 5.75 Å². The number of ether oxygens (including phenoxy) is 1. The molecular formula is C19H22ClN3O. The zero-order valence-electron chi connectivity index (χ0n) is 14.1. The van der Waals surface area contributed by atoms with E-state index in [-0.39, 0.29) is 23.7 Å². The Morgan fingerprint density at radius 1 is 1.17 bits per heavy atom. The third-order valence-electron chi connectivity index (χ3n) is 3.59. The lowest BCUT2D eigenvalue weighted by Crippen LogP contribution is -2.18. The van der Waals surface area contributed by atoms with Gasteiger partial charge in [0.2, 0.25) is 0 Å². The average Bonchev–Trinajstić information content (AvgIpc) is 2.51. The Labute approximate surface area is 149 Å². The summed E-state index contributed by atoms with van der Waals surface area (Å²) in [5.74, 6) is 0.279. The summed E-state index contributed by atoms with van der Waals surface area (Å²) in [7, 11) is 0. The lowest BCUT2D eigenvalue weighted by atomic mass is 9.83. The zero-order chi connectivity index (χ0) is 17.0. The van der Waals surface area contributed by atoms with Crippen LogP contribution >= 0.6 is 12.4 Å². The van der Waals surface area contributed by atoms with Gasteiger partial charge >= 0.3 is 0 Å². The van der Waals surface area contributed by atoms with Crippen molar-refractivity contribution in [2.24, 2.45) is 5.73 Å². The maximum atomic E-state index is 9.62. The van der Waals surface area contributed by atoms with Gasteiger partial charge in [0.15, 0.2) is 0 Å². The number of amidine groups is 1. The standard InChI is InChI=1S/C19H21N3O.ClH/c1-19(2,3)16-10-9-14(18(21)22)17(15(16)11-20)23-12-13-7-5-4-6-8-13;/h4-10H,12H2,1-3H3,(H3,21,22);1H. The van der Waals surface area contributed by atoms with Crippen molar-refractivity contribution in [3.8, 4) is 11.8 Å². The van der Waals surface area contributed by atoms with Crippen molar-refractivity contribution in [2.45, 2.75) is 32.8 Å². The largest absolute Gasteiger partial charge is 0.487 e. The third kappa shape index (κ3) is 4.27. The molecule has 0 unspecified atom stereocenters. The Kier molecular flexibility index (Phi) is 6.39. The molecule has 5 heteroatoms. The molecule has 0 bridgehead atoms. The van der Waals surface area contributed by atoms with E-state index in [4.69, 9.17) is 15.9 Å². The molecule has 0 fully saturated rings. The monoisotopic (exact) mass is 343 g/mol. The molecule has 0 aliphatic heterocycles. The quantitative estimate of drug-likeness (QED) is 0.646. The predicted octanol–water partition coefficient (Wildman–Crippen LogP) is 4.14. The van der Waals surface area contributed by atoms with Crippen molar-refractivity contribution in [3.63, 3.8) is 0 Å². The van der Waals surface area contributed by atoms with Crippen LogP contribution in [0.3, 0.4) is 0 Å². The molecule has 0 aliphatic rings. The molecule has 4 nitrogen and oxygen atoms in total. The second-order valence-corrected chi connectivity index (χ2v) is 6.41. The second kappa shape index (κ2) is 7.85. The molecule has 3 N–H and O–H groups in total. The summed E-state index contributed by atoms with van der Waals surface area (Å²) in [5, 5.41) is 17.4. The number of benzene rings is 2. The highest BCUT2D eigenvalue weighted by atomic mass is 35.5. The van der Waals surface area contributed by atoms with Gasteiger partial charge in [-0.25, -0.2) is 0 Å². The highest BCUT2D eigenvalue weighted by Crippen LogP contribution is 2.34. The predicted molar refractivity (Wildman–Crippen MR) is 98.9 cm³/mol. The van der Waals surface area contributed by atoms with Gasteiger partial charge < -0.3 is 10.5 Å². The van der Waals surface area contributed by atoms with E-state index >= 15 is 0 Å². The van der Waals surface area contributed by atoms with E-state index in [1.54, 1.807) is 6.07 Å². The van der Waals surface area contributed by atoms with E-state index in [2.05, 4.69) is 6.07 Å². The summed E-state index contributed by atoms with van der Waals surface area (Å²) in [6.45, 7) is 6.44. The van der Waals surface area contributed by atoms with Crippen LogP contribution in [-0.2, 0) is 12.0 Å². The van der Waals surface area contributed by atoms with Crippen LogP contribution in [0.4, 0.5) is 0 Å². The minimum absolute atomic E-state index is 0. The number of nitrogens with one attached hydrogen (secondary N) is 1. The molecule has 0 amide bonds. The van der Waals surface area contributed by atoms with E-state index < -0.39 is 0 Å². The smallest absolute Gasteiger partial charge is 0.148 e. The van der Waals surface area contributed by atoms with Crippen molar-refractivity contribution >= 4 is 18.2 Å². The number of nitriles is 1. The van der Waals surface area contributed by atoms with Crippen LogP contribution in [0.25, 0.3) is 0 Å². The van der Waals surface area contributed by atoms with Crippen LogP contribution in [0.1, 0.15) is 43.0 Å². The summed E-state index contributed by atoms with van der Waals surface area (Å²) in [6, 6.07) is 15.5. The number of nitrogens with zero attached hydrogens (tertiary/aromatic N) is 1. The maximum absolute atomic E-state index is 9.62. The molecule has 0 saturated carbocycles. The second-order valence-electron chi connectivity index (χ2n) is 6.41. The molecule has 0 atom stereocenters. The first kappa shape index (κ1) is 19.5. The van der Waals surface area contributed by atoms with Crippen molar-refractivity contribution < 1.29 is 4.74 Å². The van der Waals surface area contributed by atoms with Gasteiger partial charge in [0.25, 0.3) is 0 Å². The third-order valence-corrected chi connectivity index (χ3v) is 3.59. The highest BCUT2D eigenvalue weighted by Gasteiger charge is 2.24. The normalized spacial score (nSPS) is 10.4. The van der Waals surface area contributed by atoms with Crippen LogP contribution in [0, 0.1) is 16.7 Å². The maximum Gasteiger partial charge on any atom is 0.148 e. The minimum Gasteiger partial charge on any atom is -0.487 e. The van der Waals surface area contributed by atoms with Gasteiger partial charge in [-0.2, -0.15) is 5.26 Å². The van der Waals surface area contributed by atoms with Crippen LogP contribution in [0.15, 0.2) is 42.5 Å². The molecule has 0 heterocycles. The van der Waals surface area contributed by atoms with E-state index in [0.29, 0.717) is 23.5 Å². The first-order valence-electron chi connectivity index (χ1n) is 7.43. The lowest BCUT2D eigenvalue weighted by molar-refractivity contribution is 0.303. The molecule has 0 aromatic heterocycles. The van der Waals surface area contributed by atoms with Gasteiger partial charge in [0.05, 0.1) is 11.1 Å². The molecule has 0 aliphatic carbocycles. The summed E-state index contributed by atoms with van der Waals surface area (Å²) in [5.41, 5.74) is 8.23. The minimum atomic E-state index is -0.203. The van der Waals surface area contributed by atoms with Crippen LogP contribution in [-0.4, -0.2) is 5.84 Å². The van der Waals surface area contributed by atoms with Gasteiger partial charge in [-0.3, -0.25) is 5.41 Å². The molecule has 0 saturated heterocycles. The summed E-state index contributed by atoms with van der Waals surface area (Å²) in [6.07, 6.45) is 0. The van der Waals surface area contributed by atoms with E-state index in [1.165, 1.54) is 0 Å². The Morgan fingerprint density at radius 3 is 2.29 bits per heavy atom. The molecular weight excluding hydrogens is 322 g/mol. The van der Waals surface area contributed by atoms with E-state index in [1.807, 2.05) is 57.2 Å². The van der Waals surface area contributed by atoms with Gasteiger partial charge in [0, 0.05) is 0 Å². The Morgan fingerprint density at radius 2 is 1.79 bits per heavy atom. The average molecular weight is 344 g/mol. The first-order chi connectivity index (χ1) is 10.8. The number of halogens is 1. The van der Waals surface area contributed by atoms with Gasteiger partial charge in [-0.05, 0) is 22.6 Å². The lowest BCUT2D eigenvalue weighted by Gasteiger charge is -2.23. The van der Waals surface area contributed by atoms with Crippen LogP contribution < -0.4 is 10.5 Å². The van der Waals surface area contributed by atoms with Crippen LogP contribution in [0.2, 0.25) is 0 Å². The van der Waals surface area contributed by atoms with Gasteiger partial charge in [-0.15, -0.1) is 12.4 Å². The SMILES string of the molecule is CC(C)(C)c1ccc(C(=N)N)c(OCc2ccccc2)c1C#N.Cl. The molecule has 2 rings (SSSR count). The first-order valence-corrected chi connectivity index (χ1v) is 7.43. The van der Waals surface area contributed by atoms with Gasteiger partial charge in [-0.1, -0.05) is 57.2 Å². The van der Waals surface area contributed by atoms with Crippen molar-refractivity contribution in [1.82, 2.24) is 0 Å². The number of hydrogen-bond donors (Lipinski definition) is 2. The van der Waals surface area contributed by atoms with Crippen molar-refractivity contribution in [2.75, 3.05) is 0 Å². The fourth-order valence-electron chi connectivity index (χ4n) is 2.41. The number of hydrogen-bond acceptors (Lipinski definition) is 3. The highest BCUT2D eigenvalue weighted by molar-refractivity contribution is 5.98. The summed E-state index contributed by atoms with van der Waals surface area (Å²) in [4.78, 5) is 0. The Balaban J connectivity index is 0.00000288. The van der Waals surface area contributed by atoms with E-state index in [9.17, 15) is 5.26 Å². The number of rotatable bonds is 4. The van der Waals surface area contributed by atoms with Crippen molar-refractivity contribution in [3.05, 3.63) is 64.7 Å². The Bertz CT molecular complexity index is 759. The van der Waals surface area contributed by atoms with Crippen molar-refractivity contribution in [1.29, 1.82) is 10.7 Å². The fraction of sp³-hybridized carbons (Fsp3) is 0.263. The fourth-order valence-corrected chi connectivity index (χ4v) is 2.41.